The first kappa shape index (κ1) is 15.9. The van der Waals surface area contributed by atoms with Gasteiger partial charge in [0, 0.05) is 6.20 Å². The number of H-pyrrole nitrogens is 1. The molecule has 0 aliphatic rings. The van der Waals surface area contributed by atoms with E-state index in [0.717, 1.165) is 10.5 Å². The molecule has 1 amide bonds. The number of hydrogen-bond acceptors (Lipinski definition) is 2. The van der Waals surface area contributed by atoms with Crippen LogP contribution in [0.3, 0.4) is 0 Å². The molecular formula is C15H11F4N4O+. The number of hydrogen-bond donors (Lipinski definition) is 2. The van der Waals surface area contributed by atoms with Crippen molar-refractivity contribution in [1.29, 1.82) is 0 Å². The average Bonchev–Trinajstić information content (AvgIpc) is 2.97. The van der Waals surface area contributed by atoms with E-state index in [4.69, 9.17) is 0 Å². The van der Waals surface area contributed by atoms with E-state index in [2.05, 4.69) is 9.97 Å². The zero-order chi connectivity index (χ0) is 17.3. The maximum absolute atomic E-state index is 13.6. The summed E-state index contributed by atoms with van der Waals surface area (Å²) in [6, 6.07) is 4.26. The van der Waals surface area contributed by atoms with Gasteiger partial charge in [-0.2, -0.15) is 17.6 Å². The molecule has 0 aliphatic heterocycles. The van der Waals surface area contributed by atoms with Gasteiger partial charge in [0.25, 0.3) is 0 Å². The van der Waals surface area contributed by atoms with Gasteiger partial charge < -0.3 is 5.32 Å². The molecule has 0 fully saturated rings. The molecular weight excluding hydrogens is 328 g/mol. The van der Waals surface area contributed by atoms with Crippen molar-refractivity contribution < 1.29 is 26.8 Å². The summed E-state index contributed by atoms with van der Waals surface area (Å²) in [7, 11) is 0. The zero-order valence-corrected chi connectivity index (χ0v) is 12.0. The van der Waals surface area contributed by atoms with Crippen LogP contribution < -0.4 is 9.72 Å². The quantitative estimate of drug-likeness (QED) is 0.568. The smallest absolute Gasteiger partial charge is 0.329 e. The minimum absolute atomic E-state index is 0.0454. The number of amides is 1. The molecule has 0 bridgehead atoms. The van der Waals surface area contributed by atoms with E-state index in [-0.39, 0.29) is 17.0 Å². The van der Waals surface area contributed by atoms with Crippen LogP contribution >= 0.6 is 0 Å². The third-order valence-corrected chi connectivity index (χ3v) is 3.37. The van der Waals surface area contributed by atoms with Crippen molar-refractivity contribution in [2.45, 2.75) is 12.2 Å². The van der Waals surface area contributed by atoms with Crippen LogP contribution in [0, 0.1) is 5.82 Å². The van der Waals surface area contributed by atoms with E-state index in [1.807, 2.05) is 5.32 Å². The SMILES string of the molecule is O=C(NC(c1ccccn1)C(F)(F)F)c1[nH]cc2c(F)ccc[n+]12. The molecule has 124 valence electrons. The van der Waals surface area contributed by atoms with Crippen molar-refractivity contribution in [2.24, 2.45) is 0 Å². The van der Waals surface area contributed by atoms with E-state index >= 15 is 0 Å². The lowest BCUT2D eigenvalue weighted by atomic mass is 10.1. The summed E-state index contributed by atoms with van der Waals surface area (Å²) in [6.45, 7) is 0. The molecule has 9 heteroatoms. The summed E-state index contributed by atoms with van der Waals surface area (Å²) in [4.78, 5) is 18.4. The molecule has 0 saturated heterocycles. The summed E-state index contributed by atoms with van der Waals surface area (Å²) >= 11 is 0. The van der Waals surface area contributed by atoms with E-state index in [1.54, 1.807) is 0 Å². The lowest BCUT2D eigenvalue weighted by molar-refractivity contribution is -0.515. The number of imidazole rings is 1. The molecule has 3 rings (SSSR count). The summed E-state index contributed by atoms with van der Waals surface area (Å²) in [5.41, 5.74) is -0.297. The van der Waals surface area contributed by atoms with Gasteiger partial charge in [0.2, 0.25) is 5.52 Å². The van der Waals surface area contributed by atoms with Crippen LogP contribution in [0.2, 0.25) is 0 Å². The molecule has 0 aliphatic carbocycles. The Kier molecular flexibility index (Phi) is 3.92. The monoisotopic (exact) mass is 339 g/mol. The summed E-state index contributed by atoms with van der Waals surface area (Å²) in [6.07, 6.45) is -0.961. The summed E-state index contributed by atoms with van der Waals surface area (Å²) in [5.74, 6) is -1.87. The Morgan fingerprint density at radius 3 is 2.71 bits per heavy atom. The highest BCUT2D eigenvalue weighted by Crippen LogP contribution is 2.31. The van der Waals surface area contributed by atoms with Gasteiger partial charge in [-0.05, 0) is 24.3 Å². The first-order valence-corrected chi connectivity index (χ1v) is 6.83. The number of rotatable bonds is 3. The number of nitrogens with one attached hydrogen (secondary N) is 2. The number of nitrogens with zero attached hydrogens (tertiary/aromatic N) is 2. The standard InChI is InChI=1S/C15H10F4N4O/c16-9-4-3-7-23-11(9)8-21-13(23)14(24)22-12(15(17,18)19)10-5-1-2-6-20-10/h1-8,12H,(H,22,24)/p+1. The van der Waals surface area contributed by atoms with Gasteiger partial charge in [0.1, 0.15) is 6.20 Å². The van der Waals surface area contributed by atoms with E-state index in [9.17, 15) is 22.4 Å². The van der Waals surface area contributed by atoms with Crippen molar-refractivity contribution in [3.8, 4) is 0 Å². The number of carbonyl (C=O) groups is 1. The Labute approximate surface area is 133 Å². The fourth-order valence-electron chi connectivity index (χ4n) is 2.28. The van der Waals surface area contributed by atoms with Crippen LogP contribution in [0.4, 0.5) is 17.6 Å². The maximum atomic E-state index is 13.6. The number of alkyl halides is 3. The first-order chi connectivity index (χ1) is 11.4. The molecule has 5 nitrogen and oxygen atoms in total. The highest BCUT2D eigenvalue weighted by atomic mass is 19.4. The average molecular weight is 339 g/mol. The fourth-order valence-corrected chi connectivity index (χ4v) is 2.28. The van der Waals surface area contributed by atoms with Gasteiger partial charge in [-0.15, -0.1) is 0 Å². The van der Waals surface area contributed by atoms with E-state index in [0.29, 0.717) is 0 Å². The van der Waals surface area contributed by atoms with Crippen LogP contribution in [0.25, 0.3) is 5.52 Å². The Hall–Kier alpha value is -2.97. The first-order valence-electron chi connectivity index (χ1n) is 6.83. The Balaban J connectivity index is 1.95. The lowest BCUT2D eigenvalue weighted by Crippen LogP contribution is -2.42. The van der Waals surface area contributed by atoms with Gasteiger partial charge in [0.05, 0.1) is 11.9 Å². The molecule has 1 unspecified atom stereocenters. The number of pyridine rings is 2. The van der Waals surface area contributed by atoms with Crippen LogP contribution in [-0.4, -0.2) is 22.1 Å². The minimum Gasteiger partial charge on any atom is -0.329 e. The number of aromatic amines is 1. The Bertz CT molecular complexity index is 876. The van der Waals surface area contributed by atoms with Crippen LogP contribution in [0.15, 0.2) is 48.9 Å². The summed E-state index contributed by atoms with van der Waals surface area (Å²) < 4.78 is 54.5. The predicted octanol–water partition coefficient (Wildman–Crippen LogP) is 2.32. The minimum atomic E-state index is -4.73. The second kappa shape index (κ2) is 5.91. The second-order valence-corrected chi connectivity index (χ2v) is 4.95. The molecule has 3 aromatic heterocycles. The number of halogens is 4. The maximum Gasteiger partial charge on any atom is 0.414 e. The normalized spacial score (nSPS) is 13.0. The van der Waals surface area contributed by atoms with Crippen LogP contribution in [0.5, 0.6) is 0 Å². The van der Waals surface area contributed by atoms with E-state index in [1.165, 1.54) is 42.9 Å². The largest absolute Gasteiger partial charge is 0.414 e. The lowest BCUT2D eigenvalue weighted by Gasteiger charge is -2.19. The number of fused-ring (bicyclic) bond motifs is 1. The van der Waals surface area contributed by atoms with E-state index < -0.39 is 23.9 Å². The fraction of sp³-hybridized carbons (Fsp3) is 0.133. The number of aromatic nitrogens is 3. The molecule has 24 heavy (non-hydrogen) atoms. The molecule has 1 atom stereocenters. The van der Waals surface area contributed by atoms with Gasteiger partial charge in [0.15, 0.2) is 11.9 Å². The Morgan fingerprint density at radius 1 is 1.25 bits per heavy atom. The summed E-state index contributed by atoms with van der Waals surface area (Å²) in [5, 5.41) is 1.89. The molecule has 0 saturated carbocycles. The molecule has 0 radical (unpaired) electrons. The third-order valence-electron chi connectivity index (χ3n) is 3.37. The topological polar surface area (TPSA) is 61.9 Å². The van der Waals surface area contributed by atoms with Gasteiger partial charge in [-0.25, -0.2) is 9.37 Å². The predicted molar refractivity (Wildman–Crippen MR) is 74.4 cm³/mol. The number of carbonyl (C=O) groups excluding carboxylic acids is 1. The highest BCUT2D eigenvalue weighted by molar-refractivity contribution is 5.89. The Morgan fingerprint density at radius 2 is 2.04 bits per heavy atom. The van der Waals surface area contributed by atoms with Crippen LogP contribution in [0.1, 0.15) is 22.4 Å². The van der Waals surface area contributed by atoms with Crippen molar-refractivity contribution in [2.75, 3.05) is 0 Å². The van der Waals surface area contributed by atoms with Gasteiger partial charge in [-0.3, -0.25) is 9.78 Å². The van der Waals surface area contributed by atoms with Crippen molar-refractivity contribution in [3.05, 3.63) is 66.3 Å². The molecule has 0 aromatic carbocycles. The van der Waals surface area contributed by atoms with Gasteiger partial charge in [-0.1, -0.05) is 6.07 Å². The van der Waals surface area contributed by atoms with Crippen molar-refractivity contribution in [3.63, 3.8) is 0 Å². The van der Waals surface area contributed by atoms with Crippen molar-refractivity contribution in [1.82, 2.24) is 15.3 Å². The van der Waals surface area contributed by atoms with Crippen LogP contribution in [-0.2, 0) is 0 Å². The molecule has 0 spiro atoms. The van der Waals surface area contributed by atoms with Gasteiger partial charge >= 0.3 is 17.9 Å². The highest BCUT2D eigenvalue weighted by Gasteiger charge is 2.44. The third kappa shape index (κ3) is 2.92. The molecule has 2 N–H and O–H groups in total. The zero-order valence-electron chi connectivity index (χ0n) is 12.0. The molecule has 3 aromatic rings. The van der Waals surface area contributed by atoms with Crippen molar-refractivity contribution >= 4 is 11.4 Å². The molecule has 3 heterocycles. The second-order valence-electron chi connectivity index (χ2n) is 4.95.